The first kappa shape index (κ1) is 14.3. The maximum absolute atomic E-state index is 12.8. The molecule has 1 fully saturated rings. The smallest absolute Gasteiger partial charge is 0.248 e. The van der Waals surface area contributed by atoms with E-state index in [2.05, 4.69) is 34.1 Å². The molecule has 3 rings (SSSR count). The number of carbonyl (C=O) groups is 1. The summed E-state index contributed by atoms with van der Waals surface area (Å²) < 4.78 is 1.82. The molecule has 0 bridgehead atoms. The predicted molar refractivity (Wildman–Crippen MR) is 83.2 cm³/mol. The van der Waals surface area contributed by atoms with Gasteiger partial charge in [0.2, 0.25) is 5.91 Å². The summed E-state index contributed by atoms with van der Waals surface area (Å²) in [7, 11) is 0. The van der Waals surface area contributed by atoms with Gasteiger partial charge in [0, 0.05) is 17.3 Å². The fraction of sp³-hybridized carbons (Fsp3) is 0.467. The third-order valence-electron chi connectivity index (χ3n) is 4.17. The van der Waals surface area contributed by atoms with E-state index in [0.29, 0.717) is 6.54 Å². The minimum Gasteiger partial charge on any atom is -0.349 e. The van der Waals surface area contributed by atoms with E-state index in [1.54, 1.807) is 17.5 Å². The van der Waals surface area contributed by atoms with Gasteiger partial charge in [0.15, 0.2) is 0 Å². The molecular weight excluding hydrogens is 284 g/mol. The third kappa shape index (κ3) is 2.73. The molecule has 112 valence electrons. The zero-order chi connectivity index (χ0) is 14.7. The number of carbonyl (C=O) groups excluding carboxylic acids is 1. The van der Waals surface area contributed by atoms with E-state index < -0.39 is 5.54 Å². The van der Waals surface area contributed by atoms with Gasteiger partial charge < -0.3 is 10.6 Å². The Labute approximate surface area is 128 Å². The van der Waals surface area contributed by atoms with E-state index in [-0.39, 0.29) is 5.91 Å². The van der Waals surface area contributed by atoms with Gasteiger partial charge in [0.25, 0.3) is 0 Å². The molecule has 1 aliphatic rings. The Bertz CT molecular complexity index is 599. The van der Waals surface area contributed by atoms with Crippen molar-refractivity contribution in [1.29, 1.82) is 0 Å². The minimum absolute atomic E-state index is 0.0699. The number of nitrogens with one attached hydrogen (secondary N) is 2. The number of thiophene rings is 1. The molecule has 0 spiro atoms. The van der Waals surface area contributed by atoms with E-state index in [0.717, 1.165) is 25.9 Å². The van der Waals surface area contributed by atoms with Crippen LogP contribution in [-0.2, 0) is 16.9 Å². The molecule has 1 amide bonds. The number of amides is 1. The van der Waals surface area contributed by atoms with Gasteiger partial charge in [-0.3, -0.25) is 9.48 Å². The first-order chi connectivity index (χ1) is 10.2. The molecule has 6 heteroatoms. The first-order valence-corrected chi connectivity index (χ1v) is 8.12. The van der Waals surface area contributed by atoms with Crippen LogP contribution < -0.4 is 10.6 Å². The normalized spacial score (nSPS) is 17.6. The van der Waals surface area contributed by atoms with Gasteiger partial charge in [0.05, 0.1) is 6.54 Å². The number of aromatic nitrogens is 2. The van der Waals surface area contributed by atoms with Crippen LogP contribution in [-0.4, -0.2) is 28.8 Å². The molecule has 0 radical (unpaired) electrons. The van der Waals surface area contributed by atoms with Gasteiger partial charge >= 0.3 is 0 Å². The van der Waals surface area contributed by atoms with E-state index in [1.807, 2.05) is 16.9 Å². The van der Waals surface area contributed by atoms with Gasteiger partial charge in [-0.05, 0) is 55.9 Å². The number of hydrogen-bond donors (Lipinski definition) is 2. The number of aryl methyl sites for hydroxylation is 1. The average Bonchev–Trinajstić information content (AvgIpc) is 3.17. The lowest BCUT2D eigenvalue weighted by molar-refractivity contribution is -0.132. The third-order valence-corrected chi connectivity index (χ3v) is 5.20. The maximum atomic E-state index is 12.8. The number of piperidine rings is 1. The summed E-state index contributed by atoms with van der Waals surface area (Å²) in [4.78, 5) is 14.0. The quantitative estimate of drug-likeness (QED) is 0.903. The lowest BCUT2D eigenvalue weighted by Crippen LogP contribution is -2.54. The Balaban J connectivity index is 1.77. The van der Waals surface area contributed by atoms with Gasteiger partial charge in [-0.1, -0.05) is 0 Å². The monoisotopic (exact) mass is 304 g/mol. The molecule has 0 atom stereocenters. The zero-order valence-electron chi connectivity index (χ0n) is 12.1. The van der Waals surface area contributed by atoms with Crippen LogP contribution in [0, 0.1) is 6.92 Å². The van der Waals surface area contributed by atoms with Crippen LogP contribution in [0.2, 0.25) is 0 Å². The number of nitrogens with zero attached hydrogens (tertiary/aromatic N) is 2. The van der Waals surface area contributed by atoms with Crippen LogP contribution in [0.15, 0.2) is 29.9 Å². The molecular formula is C15H20N4OS. The van der Waals surface area contributed by atoms with E-state index in [9.17, 15) is 4.79 Å². The second-order valence-electron chi connectivity index (χ2n) is 5.44. The molecule has 0 aliphatic carbocycles. The van der Waals surface area contributed by atoms with Crippen molar-refractivity contribution in [2.24, 2.45) is 0 Å². The average molecular weight is 304 g/mol. The van der Waals surface area contributed by atoms with Crippen LogP contribution in [0.5, 0.6) is 0 Å². The largest absolute Gasteiger partial charge is 0.349 e. The standard InChI is InChI=1S/C15H20N4OS/c1-12-3-10-21-13(12)11-17-14(20)15(4-7-16-8-5-15)19-9-2-6-18-19/h2-3,6,9-10,16H,4-5,7-8,11H2,1H3,(H,17,20). The molecule has 0 unspecified atom stereocenters. The molecule has 0 aromatic carbocycles. The highest BCUT2D eigenvalue weighted by Crippen LogP contribution is 2.27. The summed E-state index contributed by atoms with van der Waals surface area (Å²) in [6.45, 7) is 4.35. The predicted octanol–water partition coefficient (Wildman–Crippen LogP) is 1.65. The molecule has 2 aromatic rings. The molecule has 0 saturated carbocycles. The minimum atomic E-state index is -0.556. The Morgan fingerprint density at radius 2 is 2.33 bits per heavy atom. The Kier molecular flexibility index (Phi) is 4.07. The van der Waals surface area contributed by atoms with Gasteiger partial charge in [-0.15, -0.1) is 11.3 Å². The highest BCUT2D eigenvalue weighted by molar-refractivity contribution is 7.10. The maximum Gasteiger partial charge on any atom is 0.248 e. The summed E-state index contributed by atoms with van der Waals surface area (Å²) in [5, 5.41) is 12.8. The topological polar surface area (TPSA) is 59.0 Å². The molecule has 1 saturated heterocycles. The summed E-state index contributed by atoms with van der Waals surface area (Å²) in [5.74, 6) is 0.0699. The molecule has 2 aromatic heterocycles. The van der Waals surface area contributed by atoms with Crippen LogP contribution in [0.4, 0.5) is 0 Å². The molecule has 3 heterocycles. The van der Waals surface area contributed by atoms with Crippen molar-refractivity contribution in [3.63, 3.8) is 0 Å². The Morgan fingerprint density at radius 3 is 2.95 bits per heavy atom. The fourth-order valence-electron chi connectivity index (χ4n) is 2.83. The summed E-state index contributed by atoms with van der Waals surface area (Å²) in [5.41, 5.74) is 0.679. The lowest BCUT2D eigenvalue weighted by Gasteiger charge is -2.36. The Morgan fingerprint density at radius 1 is 1.52 bits per heavy atom. The summed E-state index contributed by atoms with van der Waals surface area (Å²) >= 11 is 1.69. The molecule has 2 N–H and O–H groups in total. The lowest BCUT2D eigenvalue weighted by atomic mass is 9.87. The van der Waals surface area contributed by atoms with Crippen LogP contribution in [0.25, 0.3) is 0 Å². The van der Waals surface area contributed by atoms with E-state index in [1.165, 1.54) is 10.4 Å². The van der Waals surface area contributed by atoms with E-state index >= 15 is 0 Å². The highest BCUT2D eigenvalue weighted by atomic mass is 32.1. The fourth-order valence-corrected chi connectivity index (χ4v) is 3.68. The van der Waals surface area contributed by atoms with Crippen molar-refractivity contribution in [1.82, 2.24) is 20.4 Å². The van der Waals surface area contributed by atoms with Gasteiger partial charge in [-0.25, -0.2) is 0 Å². The second-order valence-corrected chi connectivity index (χ2v) is 6.44. The number of rotatable bonds is 4. The van der Waals surface area contributed by atoms with Crippen molar-refractivity contribution in [2.45, 2.75) is 31.8 Å². The van der Waals surface area contributed by atoms with E-state index in [4.69, 9.17) is 0 Å². The molecule has 21 heavy (non-hydrogen) atoms. The summed E-state index contributed by atoms with van der Waals surface area (Å²) in [6, 6.07) is 3.96. The number of hydrogen-bond acceptors (Lipinski definition) is 4. The highest BCUT2D eigenvalue weighted by Gasteiger charge is 2.41. The zero-order valence-corrected chi connectivity index (χ0v) is 12.9. The SMILES string of the molecule is Cc1ccsc1CNC(=O)C1(n2cccn2)CCNCC1. The van der Waals surface area contributed by atoms with Crippen molar-refractivity contribution >= 4 is 17.2 Å². The van der Waals surface area contributed by atoms with Gasteiger partial charge in [-0.2, -0.15) is 5.10 Å². The second kappa shape index (κ2) is 5.99. The van der Waals surface area contributed by atoms with Crippen molar-refractivity contribution in [3.8, 4) is 0 Å². The van der Waals surface area contributed by atoms with Crippen molar-refractivity contribution in [2.75, 3.05) is 13.1 Å². The molecule has 1 aliphatic heterocycles. The van der Waals surface area contributed by atoms with Crippen molar-refractivity contribution < 1.29 is 4.79 Å². The molecule has 5 nitrogen and oxygen atoms in total. The first-order valence-electron chi connectivity index (χ1n) is 7.24. The summed E-state index contributed by atoms with van der Waals surface area (Å²) in [6.07, 6.45) is 5.16. The van der Waals surface area contributed by atoms with Crippen LogP contribution >= 0.6 is 11.3 Å². The van der Waals surface area contributed by atoms with Gasteiger partial charge in [0.1, 0.15) is 5.54 Å². The van der Waals surface area contributed by atoms with Crippen LogP contribution in [0.1, 0.15) is 23.3 Å². The van der Waals surface area contributed by atoms with Crippen LogP contribution in [0.3, 0.4) is 0 Å². The Hall–Kier alpha value is -1.66. The van der Waals surface area contributed by atoms with Crippen molar-refractivity contribution in [3.05, 3.63) is 40.3 Å².